The van der Waals surface area contributed by atoms with Gasteiger partial charge in [-0.25, -0.2) is 4.98 Å². The number of imidazole rings is 1. The summed E-state index contributed by atoms with van der Waals surface area (Å²) in [5.41, 5.74) is 7.23. The van der Waals surface area contributed by atoms with E-state index in [4.69, 9.17) is 4.98 Å². The van der Waals surface area contributed by atoms with Crippen LogP contribution in [-0.2, 0) is 6.54 Å². The van der Waals surface area contributed by atoms with Crippen LogP contribution >= 0.6 is 11.3 Å². The molecule has 1 saturated heterocycles. The first-order valence-electron chi connectivity index (χ1n) is 12.5. The van der Waals surface area contributed by atoms with Gasteiger partial charge in [0.15, 0.2) is 11.0 Å². The number of halogens is 1. The molecule has 0 spiro atoms. The smallest absolute Gasteiger partial charge is 0.177 e. The molecule has 0 unspecified atom stereocenters. The van der Waals surface area contributed by atoms with Gasteiger partial charge in [-0.3, -0.25) is 20.0 Å². The highest BCUT2D eigenvalue weighted by Gasteiger charge is 2.18. The quantitative estimate of drug-likeness (QED) is 0.280. The Labute approximate surface area is 216 Å². The Morgan fingerprint density at radius 3 is 2.70 bits per heavy atom. The zero-order valence-corrected chi connectivity index (χ0v) is 20.9. The maximum Gasteiger partial charge on any atom is 0.177 e. The lowest BCUT2D eigenvalue weighted by Gasteiger charge is -2.26. The predicted octanol–water partition coefficient (Wildman–Crippen LogP) is 6.42. The SMILES string of the molecule is Fc1ccc(-c2nccc3[nH]c(-c4n[nH]c5ccc(-c6cncc(CN7CCCCC7)c6)cc45)nc23)s1. The fourth-order valence-corrected chi connectivity index (χ4v) is 5.88. The number of H-pyrrole nitrogens is 2. The van der Waals surface area contributed by atoms with E-state index in [9.17, 15) is 4.39 Å². The van der Waals surface area contributed by atoms with Crippen LogP contribution in [0.2, 0.25) is 0 Å². The molecule has 0 atom stereocenters. The zero-order valence-electron chi connectivity index (χ0n) is 20.0. The van der Waals surface area contributed by atoms with Crippen LogP contribution in [0.5, 0.6) is 0 Å². The van der Waals surface area contributed by atoms with Crippen LogP contribution in [0.1, 0.15) is 24.8 Å². The van der Waals surface area contributed by atoms with Gasteiger partial charge in [-0.15, -0.1) is 11.3 Å². The molecule has 2 N–H and O–H groups in total. The van der Waals surface area contributed by atoms with Gasteiger partial charge in [0.2, 0.25) is 0 Å². The molecule has 1 fully saturated rings. The normalized spacial score (nSPS) is 14.6. The minimum absolute atomic E-state index is 0.245. The third-order valence-corrected chi connectivity index (χ3v) is 7.86. The molecule has 0 amide bonds. The summed E-state index contributed by atoms with van der Waals surface area (Å²) in [6.45, 7) is 3.25. The van der Waals surface area contributed by atoms with Crippen molar-refractivity contribution < 1.29 is 4.39 Å². The van der Waals surface area contributed by atoms with E-state index in [1.807, 2.05) is 24.5 Å². The van der Waals surface area contributed by atoms with E-state index in [0.29, 0.717) is 17.0 Å². The van der Waals surface area contributed by atoms with Crippen LogP contribution in [0.25, 0.3) is 55.2 Å². The molecule has 0 aliphatic carbocycles. The third kappa shape index (κ3) is 4.20. The maximum absolute atomic E-state index is 13.7. The average Bonchev–Trinajstić information content (AvgIpc) is 3.66. The second kappa shape index (κ2) is 9.17. The summed E-state index contributed by atoms with van der Waals surface area (Å²) in [6, 6.07) is 13.6. The lowest BCUT2D eigenvalue weighted by Crippen LogP contribution is -2.29. The molecular formula is C28H24FN7S. The number of aromatic amines is 2. The summed E-state index contributed by atoms with van der Waals surface area (Å²) < 4.78 is 13.7. The molecule has 0 radical (unpaired) electrons. The van der Waals surface area contributed by atoms with Crippen molar-refractivity contribution in [2.75, 3.05) is 13.1 Å². The molecule has 7 nitrogen and oxygen atoms in total. The van der Waals surface area contributed by atoms with Gasteiger partial charge in [0.1, 0.15) is 16.9 Å². The molecule has 7 rings (SSSR count). The van der Waals surface area contributed by atoms with E-state index in [0.717, 1.165) is 69.1 Å². The van der Waals surface area contributed by atoms with Gasteiger partial charge in [0.05, 0.1) is 15.9 Å². The number of piperidine rings is 1. The van der Waals surface area contributed by atoms with E-state index in [1.54, 1.807) is 12.3 Å². The molecule has 0 bridgehead atoms. The number of nitrogens with one attached hydrogen (secondary N) is 2. The van der Waals surface area contributed by atoms with Crippen LogP contribution in [0.3, 0.4) is 0 Å². The highest BCUT2D eigenvalue weighted by molar-refractivity contribution is 7.13. The largest absolute Gasteiger partial charge is 0.336 e. The van der Waals surface area contributed by atoms with Crippen LogP contribution in [-0.4, -0.2) is 48.1 Å². The number of nitrogens with zero attached hydrogens (tertiary/aromatic N) is 5. The van der Waals surface area contributed by atoms with Crippen molar-refractivity contribution in [2.24, 2.45) is 0 Å². The number of pyridine rings is 2. The Morgan fingerprint density at radius 2 is 1.84 bits per heavy atom. The summed E-state index contributed by atoms with van der Waals surface area (Å²) in [7, 11) is 0. The van der Waals surface area contributed by atoms with E-state index < -0.39 is 0 Å². The molecule has 1 aromatic carbocycles. The molecule has 1 aliphatic rings. The first-order chi connectivity index (χ1) is 18.2. The second-order valence-electron chi connectivity index (χ2n) is 9.50. The van der Waals surface area contributed by atoms with Crippen LogP contribution < -0.4 is 0 Å². The number of thiophene rings is 1. The van der Waals surface area contributed by atoms with Gasteiger partial charge >= 0.3 is 0 Å². The van der Waals surface area contributed by atoms with Gasteiger partial charge in [-0.1, -0.05) is 12.5 Å². The van der Waals surface area contributed by atoms with Crippen molar-refractivity contribution in [1.29, 1.82) is 0 Å². The summed E-state index contributed by atoms with van der Waals surface area (Å²) in [6.07, 6.45) is 9.48. The zero-order chi connectivity index (χ0) is 24.8. The van der Waals surface area contributed by atoms with Gasteiger partial charge in [-0.05, 0) is 73.5 Å². The summed E-state index contributed by atoms with van der Waals surface area (Å²) in [5.74, 6) is 0.640. The fourth-order valence-electron chi connectivity index (χ4n) is 5.15. The van der Waals surface area contributed by atoms with Gasteiger partial charge in [0, 0.05) is 36.1 Å². The Balaban J connectivity index is 1.26. The summed E-state index contributed by atoms with van der Waals surface area (Å²) in [4.78, 5) is 20.5. The highest BCUT2D eigenvalue weighted by Crippen LogP contribution is 2.34. The summed E-state index contributed by atoms with van der Waals surface area (Å²) >= 11 is 1.06. The summed E-state index contributed by atoms with van der Waals surface area (Å²) in [5, 5.41) is 8.43. The Bertz CT molecular complexity index is 1730. The van der Waals surface area contributed by atoms with Crippen molar-refractivity contribution >= 4 is 33.3 Å². The highest BCUT2D eigenvalue weighted by atomic mass is 32.1. The number of hydrogen-bond acceptors (Lipinski definition) is 6. The van der Waals surface area contributed by atoms with Crippen molar-refractivity contribution in [3.63, 3.8) is 0 Å². The third-order valence-electron chi connectivity index (χ3n) is 6.98. The van der Waals surface area contributed by atoms with Gasteiger partial charge < -0.3 is 4.98 Å². The van der Waals surface area contributed by atoms with E-state index >= 15 is 0 Å². The van der Waals surface area contributed by atoms with Crippen molar-refractivity contribution in [1.82, 2.24) is 35.0 Å². The molecule has 0 saturated carbocycles. The van der Waals surface area contributed by atoms with Crippen molar-refractivity contribution in [3.8, 4) is 33.2 Å². The van der Waals surface area contributed by atoms with E-state index in [2.05, 4.69) is 48.2 Å². The van der Waals surface area contributed by atoms with Crippen LogP contribution in [0.15, 0.2) is 61.1 Å². The molecule has 5 aromatic heterocycles. The number of benzene rings is 1. The van der Waals surface area contributed by atoms with Crippen LogP contribution in [0, 0.1) is 5.13 Å². The standard InChI is InChI=1S/C28H24FN7S/c29-24-7-6-23(37-24)27-26-22(8-9-31-27)32-28(33-26)25-20-13-18(4-5-21(20)34-35-25)19-12-17(14-30-15-19)16-36-10-2-1-3-11-36/h4-9,12-15H,1-3,10-11,16H2,(H,32,33)(H,34,35). The monoisotopic (exact) mass is 509 g/mol. The molecule has 9 heteroatoms. The minimum Gasteiger partial charge on any atom is -0.336 e. The number of hydrogen-bond donors (Lipinski definition) is 2. The van der Waals surface area contributed by atoms with Gasteiger partial charge in [0.25, 0.3) is 0 Å². The average molecular weight is 510 g/mol. The molecule has 6 heterocycles. The van der Waals surface area contributed by atoms with E-state index in [1.165, 1.54) is 30.9 Å². The number of rotatable bonds is 5. The number of likely N-dealkylation sites (tertiary alicyclic amines) is 1. The molecule has 184 valence electrons. The van der Waals surface area contributed by atoms with Gasteiger partial charge in [-0.2, -0.15) is 9.49 Å². The van der Waals surface area contributed by atoms with Crippen molar-refractivity contribution in [3.05, 3.63) is 71.7 Å². The predicted molar refractivity (Wildman–Crippen MR) is 145 cm³/mol. The Kier molecular flexibility index (Phi) is 5.52. The topological polar surface area (TPSA) is 86.4 Å². The first-order valence-corrected chi connectivity index (χ1v) is 13.3. The maximum atomic E-state index is 13.7. The first kappa shape index (κ1) is 22.3. The Hall–Kier alpha value is -3.95. The van der Waals surface area contributed by atoms with E-state index in [-0.39, 0.29) is 5.13 Å². The van der Waals surface area contributed by atoms with Crippen molar-refractivity contribution in [2.45, 2.75) is 25.8 Å². The molecule has 6 aromatic rings. The second-order valence-corrected chi connectivity index (χ2v) is 10.5. The number of aromatic nitrogens is 6. The van der Waals surface area contributed by atoms with Crippen LogP contribution in [0.4, 0.5) is 4.39 Å². The molecular weight excluding hydrogens is 485 g/mol. The lowest BCUT2D eigenvalue weighted by molar-refractivity contribution is 0.220. The lowest BCUT2D eigenvalue weighted by atomic mass is 10.0. The fraction of sp³-hybridized carbons (Fsp3) is 0.214. The Morgan fingerprint density at radius 1 is 0.919 bits per heavy atom. The molecule has 37 heavy (non-hydrogen) atoms. The minimum atomic E-state index is -0.245. The number of fused-ring (bicyclic) bond motifs is 2. The molecule has 1 aliphatic heterocycles.